The Labute approximate surface area is 101 Å². The van der Waals surface area contributed by atoms with Crippen LogP contribution in [0.2, 0.25) is 0 Å². The lowest BCUT2D eigenvalue weighted by Crippen LogP contribution is -2.43. The van der Waals surface area contributed by atoms with E-state index in [1.807, 2.05) is 37.3 Å². The predicted octanol–water partition coefficient (Wildman–Crippen LogP) is 1.41. The Morgan fingerprint density at radius 2 is 2.06 bits per heavy atom. The zero-order chi connectivity index (χ0) is 12.0. The molecular formula is C12H16N2OS. The first kappa shape index (κ1) is 12.6. The van der Waals surface area contributed by atoms with Gasteiger partial charge in [-0.3, -0.25) is 4.79 Å². The van der Waals surface area contributed by atoms with Crippen molar-refractivity contribution < 1.29 is 4.79 Å². The first-order valence-electron chi connectivity index (χ1n) is 5.26. The van der Waals surface area contributed by atoms with Gasteiger partial charge in [0.15, 0.2) is 0 Å². The normalized spacial score (nSPS) is 11.8. The van der Waals surface area contributed by atoms with Crippen molar-refractivity contribution in [1.29, 1.82) is 0 Å². The fourth-order valence-electron chi connectivity index (χ4n) is 1.40. The van der Waals surface area contributed by atoms with E-state index in [1.165, 1.54) is 0 Å². The molecule has 0 radical (unpaired) electrons. The van der Waals surface area contributed by atoms with Gasteiger partial charge in [-0.05, 0) is 12.0 Å². The zero-order valence-electron chi connectivity index (χ0n) is 9.27. The highest BCUT2D eigenvalue weighted by molar-refractivity contribution is 7.80. The summed E-state index contributed by atoms with van der Waals surface area (Å²) in [5, 5.41) is 2.81. The van der Waals surface area contributed by atoms with Crippen LogP contribution in [0.15, 0.2) is 30.3 Å². The number of benzene rings is 1. The fourth-order valence-corrected chi connectivity index (χ4v) is 1.63. The van der Waals surface area contributed by atoms with E-state index in [9.17, 15) is 4.79 Å². The average molecular weight is 236 g/mol. The third-order valence-corrected chi connectivity index (χ3v) is 2.58. The number of hydrogen-bond donors (Lipinski definition) is 2. The highest BCUT2D eigenvalue weighted by atomic mass is 32.1. The van der Waals surface area contributed by atoms with Crippen LogP contribution in [0.5, 0.6) is 0 Å². The summed E-state index contributed by atoms with van der Waals surface area (Å²) >= 11 is 4.86. The second kappa shape index (κ2) is 6.23. The summed E-state index contributed by atoms with van der Waals surface area (Å²) in [6.07, 6.45) is 1.08. The number of amides is 1. The summed E-state index contributed by atoms with van der Waals surface area (Å²) in [6.45, 7) is 1.94. The molecule has 1 aromatic rings. The van der Waals surface area contributed by atoms with E-state index in [4.69, 9.17) is 18.0 Å². The Kier molecular flexibility index (Phi) is 4.92. The van der Waals surface area contributed by atoms with Crippen molar-refractivity contribution in [2.45, 2.75) is 25.8 Å². The summed E-state index contributed by atoms with van der Waals surface area (Å²) in [4.78, 5) is 12.0. The van der Waals surface area contributed by atoms with Crippen LogP contribution >= 0.6 is 12.2 Å². The summed E-state index contributed by atoms with van der Waals surface area (Å²) in [7, 11) is 0. The van der Waals surface area contributed by atoms with Crippen LogP contribution < -0.4 is 11.1 Å². The molecule has 86 valence electrons. The Hall–Kier alpha value is -1.42. The van der Waals surface area contributed by atoms with Crippen LogP contribution in [0.25, 0.3) is 0 Å². The maximum Gasteiger partial charge on any atom is 0.224 e. The topological polar surface area (TPSA) is 55.1 Å². The van der Waals surface area contributed by atoms with Gasteiger partial charge in [0, 0.05) is 0 Å². The Bertz CT molecular complexity index is 365. The molecule has 0 aliphatic carbocycles. The molecule has 0 spiro atoms. The van der Waals surface area contributed by atoms with Gasteiger partial charge in [0.05, 0.1) is 17.5 Å². The third kappa shape index (κ3) is 3.98. The Morgan fingerprint density at radius 1 is 1.44 bits per heavy atom. The summed E-state index contributed by atoms with van der Waals surface area (Å²) < 4.78 is 0. The van der Waals surface area contributed by atoms with Gasteiger partial charge in [0.25, 0.3) is 0 Å². The molecule has 0 bridgehead atoms. The van der Waals surface area contributed by atoms with Crippen LogP contribution in [0.4, 0.5) is 0 Å². The first-order chi connectivity index (χ1) is 7.63. The average Bonchev–Trinajstić information content (AvgIpc) is 2.27. The fraction of sp³-hybridized carbons (Fsp3) is 0.333. The number of nitrogens with two attached hydrogens (primary N) is 1. The summed E-state index contributed by atoms with van der Waals surface area (Å²) in [5.74, 6) is -0.0501. The van der Waals surface area contributed by atoms with Crippen molar-refractivity contribution >= 4 is 23.1 Å². The minimum Gasteiger partial charge on any atom is -0.392 e. The smallest absolute Gasteiger partial charge is 0.224 e. The first-order valence-corrected chi connectivity index (χ1v) is 5.67. The molecule has 0 saturated heterocycles. The Morgan fingerprint density at radius 3 is 2.56 bits per heavy atom. The molecule has 0 saturated carbocycles. The molecule has 16 heavy (non-hydrogen) atoms. The molecule has 0 aliphatic rings. The lowest BCUT2D eigenvalue weighted by atomic mass is 10.1. The lowest BCUT2D eigenvalue weighted by molar-refractivity contribution is -0.120. The second-order valence-corrected chi connectivity index (χ2v) is 4.06. The van der Waals surface area contributed by atoms with Crippen LogP contribution in [0, 0.1) is 0 Å². The van der Waals surface area contributed by atoms with E-state index >= 15 is 0 Å². The van der Waals surface area contributed by atoms with E-state index in [1.54, 1.807) is 0 Å². The van der Waals surface area contributed by atoms with Gasteiger partial charge < -0.3 is 11.1 Å². The number of nitrogens with one attached hydrogen (secondary N) is 1. The van der Waals surface area contributed by atoms with Crippen LogP contribution in [-0.2, 0) is 11.2 Å². The molecule has 1 aromatic carbocycles. The van der Waals surface area contributed by atoms with Gasteiger partial charge in [0.2, 0.25) is 5.91 Å². The lowest BCUT2D eigenvalue weighted by Gasteiger charge is -2.15. The van der Waals surface area contributed by atoms with Crippen molar-refractivity contribution in [3.8, 4) is 0 Å². The summed E-state index contributed by atoms with van der Waals surface area (Å²) in [5.41, 5.74) is 6.49. The summed E-state index contributed by atoms with van der Waals surface area (Å²) in [6, 6.07) is 9.38. The molecule has 1 amide bonds. The van der Waals surface area contributed by atoms with Gasteiger partial charge in [-0.25, -0.2) is 0 Å². The van der Waals surface area contributed by atoms with Crippen LogP contribution in [-0.4, -0.2) is 16.9 Å². The molecular weight excluding hydrogens is 220 g/mol. The maximum absolute atomic E-state index is 11.7. The molecule has 1 unspecified atom stereocenters. The van der Waals surface area contributed by atoms with Crippen molar-refractivity contribution in [1.82, 2.24) is 5.32 Å². The third-order valence-electron chi connectivity index (χ3n) is 2.29. The van der Waals surface area contributed by atoms with E-state index in [2.05, 4.69) is 5.32 Å². The number of carbonyl (C=O) groups excluding carboxylic acids is 1. The highest BCUT2D eigenvalue weighted by Gasteiger charge is 2.12. The Balaban J connectivity index is 2.50. The van der Waals surface area contributed by atoms with Crippen LogP contribution in [0.3, 0.4) is 0 Å². The SMILES string of the molecule is CCC(NC(=O)Cc1ccccc1)C(N)=S. The highest BCUT2D eigenvalue weighted by Crippen LogP contribution is 2.00. The molecule has 0 fully saturated rings. The van der Waals surface area contributed by atoms with Crippen LogP contribution in [0.1, 0.15) is 18.9 Å². The minimum absolute atomic E-state index is 0.0501. The van der Waals surface area contributed by atoms with Crippen molar-refractivity contribution in [3.63, 3.8) is 0 Å². The predicted molar refractivity (Wildman–Crippen MR) is 69.2 cm³/mol. The monoisotopic (exact) mass is 236 g/mol. The molecule has 3 nitrogen and oxygen atoms in total. The van der Waals surface area contributed by atoms with Gasteiger partial charge in [-0.1, -0.05) is 49.5 Å². The van der Waals surface area contributed by atoms with Gasteiger partial charge in [-0.2, -0.15) is 0 Å². The van der Waals surface area contributed by atoms with E-state index < -0.39 is 0 Å². The van der Waals surface area contributed by atoms with E-state index in [0.717, 1.165) is 12.0 Å². The van der Waals surface area contributed by atoms with Crippen molar-refractivity contribution in [3.05, 3.63) is 35.9 Å². The standard InChI is InChI=1S/C12H16N2OS/c1-2-10(12(13)16)14-11(15)8-9-6-4-3-5-7-9/h3-7,10H,2,8H2,1H3,(H2,13,16)(H,14,15). The quantitative estimate of drug-likeness (QED) is 0.760. The van der Waals surface area contributed by atoms with E-state index in [0.29, 0.717) is 11.4 Å². The molecule has 4 heteroatoms. The molecule has 3 N–H and O–H groups in total. The zero-order valence-corrected chi connectivity index (χ0v) is 10.1. The molecule has 0 aliphatic heterocycles. The van der Waals surface area contributed by atoms with Crippen molar-refractivity contribution in [2.75, 3.05) is 0 Å². The largest absolute Gasteiger partial charge is 0.392 e. The van der Waals surface area contributed by atoms with E-state index in [-0.39, 0.29) is 11.9 Å². The van der Waals surface area contributed by atoms with Gasteiger partial charge >= 0.3 is 0 Å². The second-order valence-electron chi connectivity index (χ2n) is 3.59. The number of rotatable bonds is 5. The molecule has 0 heterocycles. The van der Waals surface area contributed by atoms with Gasteiger partial charge in [-0.15, -0.1) is 0 Å². The maximum atomic E-state index is 11.7. The minimum atomic E-state index is -0.203. The van der Waals surface area contributed by atoms with Crippen molar-refractivity contribution in [2.24, 2.45) is 5.73 Å². The number of thiocarbonyl (C=S) groups is 1. The number of hydrogen-bond acceptors (Lipinski definition) is 2. The molecule has 0 aromatic heterocycles. The molecule has 1 atom stereocenters. The molecule has 1 rings (SSSR count). The van der Waals surface area contributed by atoms with Gasteiger partial charge in [0.1, 0.15) is 0 Å². The number of carbonyl (C=O) groups is 1.